The van der Waals surface area contributed by atoms with Gasteiger partial charge < -0.3 is 14.7 Å². The summed E-state index contributed by atoms with van der Waals surface area (Å²) in [6.45, 7) is 5.68. The van der Waals surface area contributed by atoms with Gasteiger partial charge >= 0.3 is 0 Å². The second kappa shape index (κ2) is 7.07. The van der Waals surface area contributed by atoms with Crippen molar-refractivity contribution in [3.8, 4) is 0 Å². The molecule has 7 heteroatoms. The molecule has 0 bridgehead atoms. The van der Waals surface area contributed by atoms with E-state index in [1.54, 1.807) is 12.4 Å². The summed E-state index contributed by atoms with van der Waals surface area (Å²) in [5.74, 6) is 2.55. The van der Waals surface area contributed by atoms with E-state index in [-0.39, 0.29) is 0 Å². The number of rotatable bonds is 3. The Morgan fingerprint density at radius 1 is 0.786 bits per heavy atom. The zero-order valence-electron chi connectivity index (χ0n) is 15.9. The number of aromatic nitrogens is 4. The van der Waals surface area contributed by atoms with Crippen molar-refractivity contribution < 1.29 is 0 Å². The molecule has 3 aromatic rings. The molecule has 2 aliphatic heterocycles. The summed E-state index contributed by atoms with van der Waals surface area (Å²) in [7, 11) is 0. The Hall–Kier alpha value is -3.22. The van der Waals surface area contributed by atoms with Crippen molar-refractivity contribution in [1.82, 2.24) is 19.9 Å². The molecule has 1 saturated heterocycles. The van der Waals surface area contributed by atoms with Gasteiger partial charge in [0.25, 0.3) is 0 Å². The van der Waals surface area contributed by atoms with Gasteiger partial charge in [0, 0.05) is 56.5 Å². The van der Waals surface area contributed by atoms with Gasteiger partial charge in [0.1, 0.15) is 5.82 Å². The second-order valence-corrected chi connectivity index (χ2v) is 7.29. The molecule has 0 spiro atoms. The number of hydrogen-bond acceptors (Lipinski definition) is 7. The highest BCUT2D eigenvalue weighted by atomic mass is 15.4. The van der Waals surface area contributed by atoms with Crippen LogP contribution in [0, 0.1) is 0 Å². The van der Waals surface area contributed by atoms with Gasteiger partial charge in [-0.3, -0.25) is 0 Å². The number of piperazine rings is 1. The zero-order valence-corrected chi connectivity index (χ0v) is 15.9. The number of fused-ring (bicyclic) bond motifs is 1. The zero-order chi connectivity index (χ0) is 18.9. The average Bonchev–Trinajstić information content (AvgIpc) is 3.10. The molecule has 0 N–H and O–H groups in total. The van der Waals surface area contributed by atoms with Crippen LogP contribution >= 0.6 is 0 Å². The minimum atomic E-state index is 0.396. The minimum absolute atomic E-state index is 0.396. The van der Waals surface area contributed by atoms with E-state index in [9.17, 15) is 0 Å². The molecule has 142 valence electrons. The van der Waals surface area contributed by atoms with Crippen LogP contribution in [0.15, 0.2) is 55.0 Å². The maximum atomic E-state index is 4.92. The molecule has 7 nitrogen and oxygen atoms in total. The van der Waals surface area contributed by atoms with Gasteiger partial charge in [-0.05, 0) is 37.1 Å². The van der Waals surface area contributed by atoms with Crippen molar-refractivity contribution >= 4 is 23.4 Å². The molecular formula is C21H23N7. The van der Waals surface area contributed by atoms with Gasteiger partial charge in [0.05, 0.1) is 0 Å². The fourth-order valence-electron chi connectivity index (χ4n) is 4.10. The van der Waals surface area contributed by atoms with Gasteiger partial charge in [-0.1, -0.05) is 18.2 Å². The van der Waals surface area contributed by atoms with E-state index in [0.29, 0.717) is 6.04 Å². The molecule has 0 amide bonds. The molecule has 0 aliphatic carbocycles. The van der Waals surface area contributed by atoms with Crippen molar-refractivity contribution in [3.05, 3.63) is 60.6 Å². The first kappa shape index (κ1) is 16.9. The first-order valence-electron chi connectivity index (χ1n) is 9.77. The maximum Gasteiger partial charge on any atom is 0.227 e. The predicted molar refractivity (Wildman–Crippen MR) is 110 cm³/mol. The van der Waals surface area contributed by atoms with E-state index in [1.165, 1.54) is 11.3 Å². The lowest BCUT2D eigenvalue weighted by Gasteiger charge is -2.35. The van der Waals surface area contributed by atoms with Crippen molar-refractivity contribution in [3.63, 3.8) is 0 Å². The fourth-order valence-corrected chi connectivity index (χ4v) is 4.10. The van der Waals surface area contributed by atoms with Crippen molar-refractivity contribution in [2.24, 2.45) is 0 Å². The Morgan fingerprint density at radius 3 is 2.25 bits per heavy atom. The van der Waals surface area contributed by atoms with E-state index in [0.717, 1.165) is 50.3 Å². The first-order chi connectivity index (χ1) is 13.8. The van der Waals surface area contributed by atoms with Crippen LogP contribution in [0.4, 0.5) is 23.4 Å². The third kappa shape index (κ3) is 3.02. The van der Waals surface area contributed by atoms with Crippen LogP contribution in [-0.4, -0.2) is 52.2 Å². The van der Waals surface area contributed by atoms with Crippen LogP contribution in [0.25, 0.3) is 0 Å². The van der Waals surface area contributed by atoms with Crippen LogP contribution in [0.1, 0.15) is 12.5 Å². The summed E-state index contributed by atoms with van der Waals surface area (Å²) in [6, 6.07) is 12.8. The molecule has 2 aliphatic rings. The molecule has 0 radical (unpaired) electrons. The lowest BCUT2D eigenvalue weighted by atomic mass is 10.1. The Bertz CT molecular complexity index is 954. The fraction of sp³-hybridized carbons (Fsp3) is 0.333. The molecule has 1 fully saturated rings. The molecular weight excluding hydrogens is 350 g/mol. The van der Waals surface area contributed by atoms with Crippen molar-refractivity contribution in [2.75, 3.05) is 40.9 Å². The average molecular weight is 373 g/mol. The topological polar surface area (TPSA) is 61.3 Å². The number of benzene rings is 1. The SMILES string of the molecule is CC1Cc2ccccc2N1c1ccnc(N2CCN(c3ncccn3)CC2)n1. The smallest absolute Gasteiger partial charge is 0.227 e. The van der Waals surface area contributed by atoms with E-state index < -0.39 is 0 Å². The molecule has 2 aromatic heterocycles. The van der Waals surface area contributed by atoms with Crippen LogP contribution in [0.5, 0.6) is 0 Å². The Labute approximate surface area is 164 Å². The van der Waals surface area contributed by atoms with E-state index in [2.05, 4.69) is 60.8 Å². The highest BCUT2D eigenvalue weighted by Gasteiger charge is 2.28. The van der Waals surface area contributed by atoms with Gasteiger partial charge in [-0.2, -0.15) is 4.98 Å². The quantitative estimate of drug-likeness (QED) is 0.699. The lowest BCUT2D eigenvalue weighted by Crippen LogP contribution is -2.47. The largest absolute Gasteiger partial charge is 0.337 e. The third-order valence-electron chi connectivity index (χ3n) is 5.48. The number of anilines is 4. The van der Waals surface area contributed by atoms with Gasteiger partial charge in [-0.25, -0.2) is 15.0 Å². The molecule has 0 saturated carbocycles. The minimum Gasteiger partial charge on any atom is -0.337 e. The molecule has 1 atom stereocenters. The molecule has 1 aromatic carbocycles. The maximum absolute atomic E-state index is 4.92. The Morgan fingerprint density at radius 2 is 1.46 bits per heavy atom. The number of para-hydroxylation sites is 1. The number of nitrogens with zero attached hydrogens (tertiary/aromatic N) is 7. The summed E-state index contributed by atoms with van der Waals surface area (Å²) >= 11 is 0. The summed E-state index contributed by atoms with van der Waals surface area (Å²) in [4.78, 5) is 25.0. The monoisotopic (exact) mass is 373 g/mol. The Balaban J connectivity index is 1.35. The van der Waals surface area contributed by atoms with Gasteiger partial charge in [0.2, 0.25) is 11.9 Å². The normalized spacial score (nSPS) is 19.0. The summed E-state index contributed by atoms with van der Waals surface area (Å²) in [5, 5.41) is 0. The summed E-state index contributed by atoms with van der Waals surface area (Å²) in [5.41, 5.74) is 2.64. The molecule has 4 heterocycles. The second-order valence-electron chi connectivity index (χ2n) is 7.29. The molecule has 5 rings (SSSR count). The van der Waals surface area contributed by atoms with Crippen LogP contribution < -0.4 is 14.7 Å². The molecule has 1 unspecified atom stereocenters. The predicted octanol–water partition coefficient (Wildman–Crippen LogP) is 2.68. The summed E-state index contributed by atoms with van der Waals surface area (Å²) < 4.78 is 0. The van der Waals surface area contributed by atoms with Crippen molar-refractivity contribution in [1.29, 1.82) is 0 Å². The van der Waals surface area contributed by atoms with E-state index >= 15 is 0 Å². The third-order valence-corrected chi connectivity index (χ3v) is 5.48. The van der Waals surface area contributed by atoms with Gasteiger partial charge in [-0.15, -0.1) is 0 Å². The highest BCUT2D eigenvalue weighted by Crippen LogP contribution is 2.37. The Kier molecular flexibility index (Phi) is 4.27. The highest BCUT2D eigenvalue weighted by molar-refractivity contribution is 5.69. The van der Waals surface area contributed by atoms with Crippen molar-refractivity contribution in [2.45, 2.75) is 19.4 Å². The molecule has 28 heavy (non-hydrogen) atoms. The van der Waals surface area contributed by atoms with Crippen LogP contribution in [0.2, 0.25) is 0 Å². The van der Waals surface area contributed by atoms with Crippen LogP contribution in [-0.2, 0) is 6.42 Å². The lowest BCUT2D eigenvalue weighted by molar-refractivity contribution is 0.627. The van der Waals surface area contributed by atoms with Crippen LogP contribution in [0.3, 0.4) is 0 Å². The van der Waals surface area contributed by atoms with Gasteiger partial charge in [0.15, 0.2) is 0 Å². The van der Waals surface area contributed by atoms with E-state index in [1.807, 2.05) is 18.3 Å². The number of hydrogen-bond donors (Lipinski definition) is 0. The standard InChI is InChI=1S/C21H23N7/c1-16-15-17-5-2-3-6-18(17)28(16)19-7-10-24-21(25-19)27-13-11-26(12-14-27)20-22-8-4-9-23-20/h2-10,16H,11-15H2,1H3. The first-order valence-corrected chi connectivity index (χ1v) is 9.77. The summed E-state index contributed by atoms with van der Waals surface area (Å²) in [6.07, 6.45) is 6.50. The van der Waals surface area contributed by atoms with E-state index in [4.69, 9.17) is 4.98 Å².